The van der Waals surface area contributed by atoms with Crippen molar-refractivity contribution in [1.82, 2.24) is 0 Å². The van der Waals surface area contributed by atoms with Gasteiger partial charge in [-0.15, -0.1) is 0 Å². The third-order valence-corrected chi connectivity index (χ3v) is 9.62. The van der Waals surface area contributed by atoms with Crippen molar-refractivity contribution in [3.05, 3.63) is 146 Å². The van der Waals surface area contributed by atoms with Crippen molar-refractivity contribution in [2.75, 3.05) is 13.2 Å². The van der Waals surface area contributed by atoms with Gasteiger partial charge in [-0.1, -0.05) is 198 Å². The summed E-state index contributed by atoms with van der Waals surface area (Å²) in [5, 5.41) is 9.57. The van der Waals surface area contributed by atoms with Gasteiger partial charge in [0.05, 0.1) is 6.61 Å². The molecule has 0 bridgehead atoms. The lowest BCUT2D eigenvalue weighted by molar-refractivity contribution is -0.161. The normalized spacial score (nSPS) is 13.5. The molecule has 0 aliphatic rings. The van der Waals surface area contributed by atoms with Gasteiger partial charge < -0.3 is 14.6 Å². The van der Waals surface area contributed by atoms with E-state index in [0.717, 1.165) is 122 Å². The fraction of sp³-hybridized carbons (Fsp3) is 0.544. The molecule has 0 saturated heterocycles. The molecule has 0 spiro atoms. The third-order valence-electron chi connectivity index (χ3n) is 9.62. The second-order valence-corrected chi connectivity index (χ2v) is 15.4. The summed E-state index contributed by atoms with van der Waals surface area (Å²) in [5.74, 6) is -0.655. The van der Waals surface area contributed by atoms with Crippen LogP contribution in [0.5, 0.6) is 0 Å². The molecule has 0 rings (SSSR count). The zero-order valence-corrected chi connectivity index (χ0v) is 39.3. The summed E-state index contributed by atoms with van der Waals surface area (Å²) in [5.41, 5.74) is 0. The summed E-state index contributed by atoms with van der Waals surface area (Å²) in [4.78, 5) is 24.3. The van der Waals surface area contributed by atoms with E-state index in [1.165, 1.54) is 32.1 Å². The summed E-state index contributed by atoms with van der Waals surface area (Å²) in [6, 6.07) is 0. The molecule has 0 aromatic heterocycles. The number of hydrogen-bond acceptors (Lipinski definition) is 5. The topological polar surface area (TPSA) is 72.8 Å². The predicted octanol–water partition coefficient (Wildman–Crippen LogP) is 16.3. The second kappa shape index (κ2) is 51.1. The Morgan fingerprint density at radius 1 is 0.387 bits per heavy atom. The lowest BCUT2D eigenvalue weighted by Crippen LogP contribution is -2.28. The fourth-order valence-corrected chi connectivity index (χ4v) is 5.95. The van der Waals surface area contributed by atoms with Crippen LogP contribution in [0.1, 0.15) is 181 Å². The van der Waals surface area contributed by atoms with Crippen LogP contribution in [-0.2, 0) is 19.1 Å². The van der Waals surface area contributed by atoms with Crippen LogP contribution in [0.25, 0.3) is 0 Å². The first kappa shape index (κ1) is 57.8. The van der Waals surface area contributed by atoms with Crippen LogP contribution < -0.4 is 0 Å². The van der Waals surface area contributed by atoms with Crippen molar-refractivity contribution in [3.63, 3.8) is 0 Å². The van der Waals surface area contributed by atoms with Crippen molar-refractivity contribution in [2.24, 2.45) is 0 Å². The van der Waals surface area contributed by atoms with Crippen molar-refractivity contribution in [3.8, 4) is 0 Å². The molecule has 5 nitrogen and oxygen atoms in total. The summed E-state index contributed by atoms with van der Waals surface area (Å²) in [6.07, 6.45) is 78.0. The molecule has 1 unspecified atom stereocenters. The van der Waals surface area contributed by atoms with Crippen LogP contribution >= 0.6 is 0 Å². The second-order valence-electron chi connectivity index (χ2n) is 15.4. The highest BCUT2D eigenvalue weighted by Crippen LogP contribution is 2.10. The Labute approximate surface area is 380 Å². The maximum Gasteiger partial charge on any atom is 0.306 e. The summed E-state index contributed by atoms with van der Waals surface area (Å²) >= 11 is 0. The van der Waals surface area contributed by atoms with Crippen molar-refractivity contribution in [1.29, 1.82) is 0 Å². The van der Waals surface area contributed by atoms with Gasteiger partial charge in [0.2, 0.25) is 0 Å². The van der Waals surface area contributed by atoms with Crippen LogP contribution in [0.4, 0.5) is 0 Å². The maximum atomic E-state index is 12.2. The summed E-state index contributed by atoms with van der Waals surface area (Å²) in [7, 11) is 0. The van der Waals surface area contributed by atoms with Crippen LogP contribution in [0.3, 0.4) is 0 Å². The highest BCUT2D eigenvalue weighted by molar-refractivity contribution is 5.70. The number of aliphatic hydroxyl groups is 1. The molecule has 0 amide bonds. The third kappa shape index (κ3) is 48.4. The molecule has 0 aliphatic carbocycles. The van der Waals surface area contributed by atoms with Crippen molar-refractivity contribution < 1.29 is 24.2 Å². The van der Waals surface area contributed by atoms with E-state index in [4.69, 9.17) is 9.47 Å². The molecule has 0 aromatic rings. The van der Waals surface area contributed by atoms with Crippen molar-refractivity contribution in [2.45, 2.75) is 187 Å². The van der Waals surface area contributed by atoms with E-state index in [1.54, 1.807) is 0 Å². The summed E-state index contributed by atoms with van der Waals surface area (Å²) in [6.45, 7) is 3.92. The Kier molecular flexibility index (Phi) is 47.7. The molecule has 5 heteroatoms. The largest absolute Gasteiger partial charge is 0.462 e. The van der Waals surface area contributed by atoms with Gasteiger partial charge in [0.1, 0.15) is 6.61 Å². The number of carbonyl (C=O) groups excluding carboxylic acids is 2. The van der Waals surface area contributed by atoms with Gasteiger partial charge in [-0.05, 0) is 116 Å². The van der Waals surface area contributed by atoms with Gasteiger partial charge in [-0.2, -0.15) is 0 Å². The maximum absolute atomic E-state index is 12.2. The molecule has 0 radical (unpaired) electrons. The number of ether oxygens (including phenoxy) is 2. The van der Waals surface area contributed by atoms with E-state index in [1.807, 2.05) is 0 Å². The molecule has 62 heavy (non-hydrogen) atoms. The number of allylic oxidation sites excluding steroid dienone is 24. The lowest BCUT2D eigenvalue weighted by Gasteiger charge is -2.15. The molecule has 1 atom stereocenters. The highest BCUT2D eigenvalue weighted by atomic mass is 16.6. The van der Waals surface area contributed by atoms with Gasteiger partial charge in [0, 0.05) is 12.8 Å². The Morgan fingerprint density at radius 3 is 1.08 bits per heavy atom. The molecule has 0 saturated carbocycles. The van der Waals surface area contributed by atoms with E-state index in [-0.39, 0.29) is 25.2 Å². The molecular weight excluding hydrogens is 765 g/mol. The number of aliphatic hydroxyl groups excluding tert-OH is 1. The van der Waals surface area contributed by atoms with Crippen molar-refractivity contribution >= 4 is 11.9 Å². The Morgan fingerprint density at radius 2 is 0.694 bits per heavy atom. The Balaban J connectivity index is 3.71. The first-order valence-electron chi connectivity index (χ1n) is 24.4. The predicted molar refractivity (Wildman–Crippen MR) is 269 cm³/mol. The SMILES string of the molecule is CC/C=C\C/C=C\C/C=C\C/C=C\C/C=C\C/C=C\C/C=C\C/C=C\C/C=C\C/C=C\C/C=C\CCCCCC(=O)OC(CO)COC(=O)CCCCCCC/C=C\CCCC. The monoisotopic (exact) mass is 853 g/mol. The number of unbranched alkanes of at least 4 members (excludes halogenated alkanes) is 10. The van der Waals surface area contributed by atoms with Gasteiger partial charge in [-0.25, -0.2) is 0 Å². The Hall–Kier alpha value is -4.22. The van der Waals surface area contributed by atoms with E-state index in [9.17, 15) is 14.7 Å². The van der Waals surface area contributed by atoms with E-state index in [2.05, 4.69) is 160 Å². The van der Waals surface area contributed by atoms with Gasteiger partial charge in [0.15, 0.2) is 6.10 Å². The first-order valence-corrected chi connectivity index (χ1v) is 24.4. The molecule has 0 aromatic carbocycles. The number of carbonyl (C=O) groups is 2. The van der Waals surface area contributed by atoms with Gasteiger partial charge >= 0.3 is 11.9 Å². The van der Waals surface area contributed by atoms with Crippen LogP contribution in [-0.4, -0.2) is 36.4 Å². The average molecular weight is 853 g/mol. The zero-order chi connectivity index (χ0) is 44.9. The molecule has 0 aliphatic heterocycles. The number of rotatable bonds is 42. The van der Waals surface area contributed by atoms with Crippen LogP contribution in [0.2, 0.25) is 0 Å². The van der Waals surface area contributed by atoms with E-state index >= 15 is 0 Å². The number of hydrogen-bond donors (Lipinski definition) is 1. The van der Waals surface area contributed by atoms with E-state index < -0.39 is 6.10 Å². The Bertz CT molecular complexity index is 1380. The standard InChI is InChI=1S/C57H88O5/c1-3-5-7-9-11-13-15-16-17-18-19-20-21-22-23-24-25-26-27-28-29-30-31-32-33-34-35-36-37-38-39-40-42-44-46-48-50-52-57(60)62-55(53-58)54-61-56(59)51-49-47-45-43-41-14-12-10-8-6-4-2/h5,7,10-13,16-17,19-20,22-23,25-26,28-29,31-32,34-35,37-38,40,42,55,58H,3-4,6,8-9,14-15,18,21,24,27,30,33,36,39,41,43-54H2,1-2H3/b7-5-,12-10-,13-11-,17-16-,20-19-,23-22-,26-25-,29-28-,32-31-,35-34-,38-37-,42-40-. The zero-order valence-electron chi connectivity index (χ0n) is 39.3. The highest BCUT2D eigenvalue weighted by Gasteiger charge is 2.16. The average Bonchev–Trinajstić information content (AvgIpc) is 3.28. The van der Waals surface area contributed by atoms with Crippen LogP contribution in [0.15, 0.2) is 146 Å². The molecule has 1 N–H and O–H groups in total. The minimum atomic E-state index is -0.802. The quantitative estimate of drug-likeness (QED) is 0.0376. The molecule has 346 valence electrons. The molecule has 0 heterocycles. The summed E-state index contributed by atoms with van der Waals surface area (Å²) < 4.78 is 10.6. The molecular formula is C57H88O5. The minimum absolute atomic E-state index is 0.0932. The minimum Gasteiger partial charge on any atom is -0.462 e. The smallest absolute Gasteiger partial charge is 0.306 e. The lowest BCUT2D eigenvalue weighted by atomic mass is 10.1. The van der Waals surface area contributed by atoms with Gasteiger partial charge in [-0.3, -0.25) is 9.59 Å². The molecule has 0 fully saturated rings. The van der Waals surface area contributed by atoms with Gasteiger partial charge in [0.25, 0.3) is 0 Å². The number of esters is 2. The first-order chi connectivity index (χ1) is 30.6. The fourth-order valence-electron chi connectivity index (χ4n) is 5.95. The van der Waals surface area contributed by atoms with E-state index in [0.29, 0.717) is 12.8 Å². The van der Waals surface area contributed by atoms with Crippen LogP contribution in [0, 0.1) is 0 Å².